The number of benzene rings is 1. The van der Waals surface area contributed by atoms with Crippen LogP contribution in [0.5, 0.6) is 5.75 Å². The second-order valence-corrected chi connectivity index (χ2v) is 9.16. The summed E-state index contributed by atoms with van der Waals surface area (Å²) < 4.78 is 5.68. The molecule has 0 aliphatic heterocycles. The van der Waals surface area contributed by atoms with Gasteiger partial charge >= 0.3 is 0 Å². The molecule has 4 saturated carbocycles. The zero-order valence-electron chi connectivity index (χ0n) is 15.3. The molecular weight excluding hydrogens is 328 g/mol. The van der Waals surface area contributed by atoms with E-state index in [-0.39, 0.29) is 17.3 Å². The first-order chi connectivity index (χ1) is 12.4. The Hall–Kier alpha value is -1.59. The molecule has 1 aromatic carbocycles. The minimum Gasteiger partial charge on any atom is -0.494 e. The summed E-state index contributed by atoms with van der Waals surface area (Å²) in [7, 11) is 0. The van der Waals surface area contributed by atoms with Crippen LogP contribution in [-0.2, 0) is 5.60 Å². The van der Waals surface area contributed by atoms with E-state index < -0.39 is 11.2 Å². The molecule has 140 valence electrons. The van der Waals surface area contributed by atoms with Gasteiger partial charge in [-0.3, -0.25) is 0 Å². The number of hydrogen-bond acceptors (Lipinski definition) is 5. The van der Waals surface area contributed by atoms with Gasteiger partial charge in [0.25, 0.3) is 0 Å². The summed E-state index contributed by atoms with van der Waals surface area (Å²) in [6.45, 7) is 2.46. The predicted octanol–water partition coefficient (Wildman–Crippen LogP) is 2.81. The first-order valence-electron chi connectivity index (χ1n) is 9.88. The van der Waals surface area contributed by atoms with Crippen molar-refractivity contribution in [3.63, 3.8) is 0 Å². The predicted molar refractivity (Wildman–Crippen MR) is 99.4 cm³/mol. The lowest BCUT2D eigenvalue weighted by Gasteiger charge is -2.69. The number of fused-ring (bicyclic) bond motifs is 2. The Balaban J connectivity index is 1.64. The summed E-state index contributed by atoms with van der Waals surface area (Å²) in [6, 6.07) is 3.65. The lowest BCUT2D eigenvalue weighted by Crippen LogP contribution is -2.69. The van der Waals surface area contributed by atoms with Gasteiger partial charge in [0.1, 0.15) is 5.75 Å². The smallest absolute Gasteiger partial charge is 0.121 e. The molecule has 1 aromatic rings. The van der Waals surface area contributed by atoms with Crippen molar-refractivity contribution < 1.29 is 14.9 Å². The van der Waals surface area contributed by atoms with Crippen molar-refractivity contribution in [1.29, 1.82) is 5.41 Å². The Morgan fingerprint density at radius 3 is 2.85 bits per heavy atom. The van der Waals surface area contributed by atoms with E-state index in [0.29, 0.717) is 29.5 Å². The van der Waals surface area contributed by atoms with Crippen LogP contribution >= 0.6 is 0 Å². The number of rotatable bonds is 4. The van der Waals surface area contributed by atoms with E-state index >= 15 is 0 Å². The number of anilines is 1. The van der Waals surface area contributed by atoms with Gasteiger partial charge in [-0.2, -0.15) is 0 Å². The highest BCUT2D eigenvalue weighted by molar-refractivity contribution is 5.88. The maximum Gasteiger partial charge on any atom is 0.121 e. The summed E-state index contributed by atoms with van der Waals surface area (Å²) in [4.78, 5) is 0. The van der Waals surface area contributed by atoms with Crippen molar-refractivity contribution in [2.24, 2.45) is 23.2 Å². The number of hydrogen-bond donors (Lipinski definition) is 4. The van der Waals surface area contributed by atoms with Crippen LogP contribution in [0.3, 0.4) is 0 Å². The lowest BCUT2D eigenvalue weighted by atomic mass is 9.37. The number of nitrogens with one attached hydrogen (secondary N) is 1. The Morgan fingerprint density at radius 1 is 1.31 bits per heavy atom. The number of nitrogen functional groups attached to an aromatic ring is 1. The van der Waals surface area contributed by atoms with E-state index in [1.54, 1.807) is 6.07 Å². The van der Waals surface area contributed by atoms with Gasteiger partial charge in [0.15, 0.2) is 0 Å². The highest BCUT2D eigenvalue weighted by atomic mass is 16.5. The molecule has 6 unspecified atom stereocenters. The Bertz CT molecular complexity index is 786. The first kappa shape index (κ1) is 16.6. The van der Waals surface area contributed by atoms with Crippen LogP contribution in [0.2, 0.25) is 0 Å². The van der Waals surface area contributed by atoms with Crippen molar-refractivity contribution in [1.82, 2.24) is 0 Å². The van der Waals surface area contributed by atoms with Gasteiger partial charge in [-0.15, -0.1) is 0 Å². The number of nitrogens with two attached hydrogens (primary N) is 1. The zero-order chi connectivity index (χ0) is 18.3. The highest BCUT2D eigenvalue weighted by Gasteiger charge is 2.78. The molecule has 0 radical (unpaired) electrons. The van der Waals surface area contributed by atoms with Gasteiger partial charge in [0.2, 0.25) is 0 Å². The molecule has 0 aromatic heterocycles. The third-order valence-electron chi connectivity index (χ3n) is 7.99. The Labute approximate surface area is 154 Å². The molecule has 26 heavy (non-hydrogen) atoms. The van der Waals surface area contributed by atoms with E-state index in [2.05, 4.69) is 0 Å². The normalized spacial score (nSPS) is 45.1. The molecule has 4 aliphatic carbocycles. The van der Waals surface area contributed by atoms with E-state index in [0.717, 1.165) is 44.1 Å². The van der Waals surface area contributed by atoms with Crippen molar-refractivity contribution in [2.45, 2.75) is 56.7 Å². The van der Waals surface area contributed by atoms with Gasteiger partial charge in [-0.05, 0) is 80.2 Å². The fraction of sp³-hybridized carbons (Fsp3) is 0.667. The highest BCUT2D eigenvalue weighted by Crippen LogP contribution is 2.79. The second kappa shape index (κ2) is 5.02. The van der Waals surface area contributed by atoms with Gasteiger partial charge in [0.05, 0.1) is 17.8 Å². The minimum absolute atomic E-state index is 0.0698. The van der Waals surface area contributed by atoms with Crippen molar-refractivity contribution >= 4 is 11.9 Å². The van der Waals surface area contributed by atoms with Gasteiger partial charge < -0.3 is 26.1 Å². The van der Waals surface area contributed by atoms with Gasteiger partial charge in [-0.25, -0.2) is 0 Å². The summed E-state index contributed by atoms with van der Waals surface area (Å²) in [6.07, 6.45) is 6.68. The fourth-order valence-electron chi connectivity index (χ4n) is 7.49. The quantitative estimate of drug-likeness (QED) is 0.492. The maximum absolute atomic E-state index is 12.0. The van der Waals surface area contributed by atoms with Crippen molar-refractivity contribution in [3.05, 3.63) is 23.3 Å². The average molecular weight is 356 g/mol. The van der Waals surface area contributed by atoms with E-state index in [9.17, 15) is 10.2 Å². The minimum atomic E-state index is -0.964. The fourth-order valence-corrected chi connectivity index (χ4v) is 7.49. The number of aliphatic hydroxyl groups is 2. The molecule has 5 N–H and O–H groups in total. The van der Waals surface area contributed by atoms with Gasteiger partial charge in [-0.1, -0.05) is 0 Å². The van der Waals surface area contributed by atoms with E-state index in [1.807, 2.05) is 13.0 Å². The topological polar surface area (TPSA) is 99.6 Å². The number of ether oxygens (including phenoxy) is 1. The van der Waals surface area contributed by atoms with Crippen LogP contribution in [0.25, 0.3) is 0 Å². The van der Waals surface area contributed by atoms with E-state index in [1.165, 1.54) is 6.21 Å². The molecule has 4 aliphatic rings. The molecule has 0 amide bonds. The molecule has 3 bridgehead atoms. The van der Waals surface area contributed by atoms with Crippen molar-refractivity contribution in [2.75, 3.05) is 12.3 Å². The third kappa shape index (κ3) is 1.81. The molecular formula is C21H28N2O3. The summed E-state index contributed by atoms with van der Waals surface area (Å²) in [5.74, 6) is 1.45. The van der Waals surface area contributed by atoms with Crippen LogP contribution in [-0.4, -0.2) is 28.6 Å². The Morgan fingerprint density at radius 2 is 2.12 bits per heavy atom. The SMILES string of the molecule is CCOc1cc(N)c(C=N)c(C2(O)C3CCC4(O)CC5CC2C3(C5)C4)c1. The molecule has 5 nitrogen and oxygen atoms in total. The largest absolute Gasteiger partial charge is 0.494 e. The monoisotopic (exact) mass is 356 g/mol. The van der Waals surface area contributed by atoms with Gasteiger partial charge in [0, 0.05) is 23.5 Å². The zero-order valence-corrected chi connectivity index (χ0v) is 15.3. The summed E-state index contributed by atoms with van der Waals surface area (Å²) in [5, 5.41) is 30.8. The van der Waals surface area contributed by atoms with Crippen molar-refractivity contribution in [3.8, 4) is 5.75 Å². The van der Waals surface area contributed by atoms with E-state index in [4.69, 9.17) is 15.9 Å². The molecule has 5 heteroatoms. The summed E-state index contributed by atoms with van der Waals surface area (Å²) in [5.41, 5.74) is 6.67. The Kier molecular flexibility index (Phi) is 3.20. The second-order valence-electron chi connectivity index (χ2n) is 9.16. The standard InChI is InChI=1S/C21H28N2O3/c1-2-26-13-6-15(14(10-22)16(23)7-13)21(25)17-3-4-19(24)8-12-5-18(21)20(17,9-12)11-19/h6-7,10,12,17-18,22,24-25H,2-5,8-9,11,23H2,1H3. The summed E-state index contributed by atoms with van der Waals surface area (Å²) >= 11 is 0. The molecule has 4 fully saturated rings. The maximum atomic E-state index is 12.0. The third-order valence-corrected chi connectivity index (χ3v) is 7.99. The lowest BCUT2D eigenvalue weighted by molar-refractivity contribution is -0.291. The first-order valence-corrected chi connectivity index (χ1v) is 9.88. The van der Waals surface area contributed by atoms with Crippen LogP contribution in [0.15, 0.2) is 12.1 Å². The molecule has 1 spiro atoms. The van der Waals surface area contributed by atoms with Crippen LogP contribution < -0.4 is 10.5 Å². The van der Waals surface area contributed by atoms with Crippen LogP contribution in [0, 0.1) is 28.6 Å². The molecule has 0 saturated heterocycles. The van der Waals surface area contributed by atoms with Crippen LogP contribution in [0.1, 0.15) is 56.6 Å². The average Bonchev–Trinajstić information content (AvgIpc) is 2.85. The van der Waals surface area contributed by atoms with Crippen LogP contribution in [0.4, 0.5) is 5.69 Å². The molecule has 0 heterocycles. The molecule has 5 rings (SSSR count). The molecule has 6 atom stereocenters.